The van der Waals surface area contributed by atoms with Gasteiger partial charge in [0, 0.05) is 18.5 Å². The highest BCUT2D eigenvalue weighted by Crippen LogP contribution is 2.35. The average molecular weight is 240 g/mol. The van der Waals surface area contributed by atoms with Crippen molar-refractivity contribution in [2.75, 3.05) is 0 Å². The van der Waals surface area contributed by atoms with E-state index in [9.17, 15) is 4.79 Å². The molecule has 3 N–H and O–H groups in total. The molecule has 0 aromatic rings. The van der Waals surface area contributed by atoms with E-state index in [4.69, 9.17) is 5.73 Å². The molecule has 3 nitrogen and oxygen atoms in total. The van der Waals surface area contributed by atoms with Crippen molar-refractivity contribution in [2.45, 2.75) is 77.8 Å². The van der Waals surface area contributed by atoms with E-state index in [0.717, 1.165) is 19.3 Å². The minimum absolute atomic E-state index is 0.200. The van der Waals surface area contributed by atoms with E-state index in [-0.39, 0.29) is 17.4 Å². The molecule has 0 bridgehead atoms. The quantitative estimate of drug-likeness (QED) is 0.776. The Morgan fingerprint density at radius 1 is 1.47 bits per heavy atom. The molecule has 2 unspecified atom stereocenters. The SMILES string of the molecule is CC(N)CCCC(=O)NC1CCCCC1(C)C. The highest BCUT2D eigenvalue weighted by atomic mass is 16.1. The van der Waals surface area contributed by atoms with Gasteiger partial charge in [0.05, 0.1) is 0 Å². The number of nitrogens with two attached hydrogens (primary N) is 1. The maximum absolute atomic E-state index is 11.8. The van der Waals surface area contributed by atoms with E-state index in [2.05, 4.69) is 19.2 Å². The highest BCUT2D eigenvalue weighted by Gasteiger charge is 2.32. The average Bonchev–Trinajstić information content (AvgIpc) is 2.20. The minimum atomic E-state index is 0.200. The standard InChI is InChI=1S/C14H28N2O/c1-11(15)7-6-9-13(17)16-12-8-4-5-10-14(12,2)3/h11-12H,4-10,15H2,1-3H3,(H,16,17). The number of amides is 1. The summed E-state index contributed by atoms with van der Waals surface area (Å²) in [5.41, 5.74) is 5.93. The zero-order chi connectivity index (χ0) is 12.9. The number of carbonyl (C=O) groups is 1. The van der Waals surface area contributed by atoms with Crippen LogP contribution >= 0.6 is 0 Å². The maximum Gasteiger partial charge on any atom is 0.220 e. The lowest BCUT2D eigenvalue weighted by Gasteiger charge is -2.39. The molecule has 0 aromatic carbocycles. The summed E-state index contributed by atoms with van der Waals surface area (Å²) in [6.45, 7) is 6.51. The molecular weight excluding hydrogens is 212 g/mol. The third-order valence-corrected chi connectivity index (χ3v) is 3.91. The van der Waals surface area contributed by atoms with Crippen molar-refractivity contribution in [2.24, 2.45) is 11.1 Å². The van der Waals surface area contributed by atoms with Gasteiger partial charge in [-0.15, -0.1) is 0 Å². The van der Waals surface area contributed by atoms with Crippen LogP contribution in [-0.2, 0) is 4.79 Å². The van der Waals surface area contributed by atoms with Gasteiger partial charge < -0.3 is 11.1 Å². The zero-order valence-electron chi connectivity index (χ0n) is 11.6. The Hall–Kier alpha value is -0.570. The molecule has 1 aliphatic carbocycles. The smallest absolute Gasteiger partial charge is 0.220 e. The number of hydrogen-bond acceptors (Lipinski definition) is 2. The second-order valence-corrected chi connectivity index (χ2v) is 6.22. The van der Waals surface area contributed by atoms with E-state index in [0.29, 0.717) is 12.5 Å². The Morgan fingerprint density at radius 3 is 2.76 bits per heavy atom. The monoisotopic (exact) mass is 240 g/mol. The summed E-state index contributed by atoms with van der Waals surface area (Å²) in [7, 11) is 0. The van der Waals surface area contributed by atoms with Crippen LogP contribution in [0.5, 0.6) is 0 Å². The van der Waals surface area contributed by atoms with Crippen LogP contribution in [0, 0.1) is 5.41 Å². The Kier molecular flexibility index (Phi) is 5.44. The third-order valence-electron chi connectivity index (χ3n) is 3.91. The fraction of sp³-hybridized carbons (Fsp3) is 0.929. The molecule has 1 rings (SSSR count). The summed E-state index contributed by atoms with van der Waals surface area (Å²) in [4.78, 5) is 11.8. The predicted molar refractivity (Wildman–Crippen MR) is 71.7 cm³/mol. The van der Waals surface area contributed by atoms with Crippen molar-refractivity contribution in [3.63, 3.8) is 0 Å². The first-order chi connectivity index (χ1) is 7.92. The van der Waals surface area contributed by atoms with Gasteiger partial charge in [-0.25, -0.2) is 0 Å². The van der Waals surface area contributed by atoms with Crippen molar-refractivity contribution in [1.29, 1.82) is 0 Å². The van der Waals surface area contributed by atoms with Crippen molar-refractivity contribution in [1.82, 2.24) is 5.32 Å². The van der Waals surface area contributed by atoms with Crippen molar-refractivity contribution >= 4 is 5.91 Å². The normalized spacial score (nSPS) is 25.3. The number of carbonyl (C=O) groups excluding carboxylic acids is 1. The van der Waals surface area contributed by atoms with E-state index < -0.39 is 0 Å². The second kappa shape index (κ2) is 6.39. The van der Waals surface area contributed by atoms with E-state index >= 15 is 0 Å². The first-order valence-electron chi connectivity index (χ1n) is 6.97. The van der Waals surface area contributed by atoms with Crippen LogP contribution in [0.3, 0.4) is 0 Å². The molecule has 17 heavy (non-hydrogen) atoms. The van der Waals surface area contributed by atoms with Gasteiger partial charge in [-0.2, -0.15) is 0 Å². The van der Waals surface area contributed by atoms with Gasteiger partial charge in [-0.1, -0.05) is 26.7 Å². The molecule has 0 radical (unpaired) electrons. The molecule has 0 aromatic heterocycles. The van der Waals surface area contributed by atoms with E-state index in [1.54, 1.807) is 0 Å². The van der Waals surface area contributed by atoms with Crippen LogP contribution in [0.25, 0.3) is 0 Å². The van der Waals surface area contributed by atoms with Crippen LogP contribution < -0.4 is 11.1 Å². The van der Waals surface area contributed by atoms with Gasteiger partial charge in [0.25, 0.3) is 0 Å². The first kappa shape index (κ1) is 14.5. The fourth-order valence-corrected chi connectivity index (χ4v) is 2.61. The highest BCUT2D eigenvalue weighted by molar-refractivity contribution is 5.76. The topological polar surface area (TPSA) is 55.1 Å². The van der Waals surface area contributed by atoms with Crippen molar-refractivity contribution in [3.8, 4) is 0 Å². The Balaban J connectivity index is 2.29. The zero-order valence-corrected chi connectivity index (χ0v) is 11.6. The van der Waals surface area contributed by atoms with Gasteiger partial charge in [-0.3, -0.25) is 4.79 Å². The van der Waals surface area contributed by atoms with Gasteiger partial charge >= 0.3 is 0 Å². The lowest BCUT2D eigenvalue weighted by atomic mass is 9.73. The minimum Gasteiger partial charge on any atom is -0.353 e. The molecule has 1 aliphatic rings. The van der Waals surface area contributed by atoms with Crippen molar-refractivity contribution in [3.05, 3.63) is 0 Å². The van der Waals surface area contributed by atoms with Gasteiger partial charge in [0.15, 0.2) is 0 Å². The van der Waals surface area contributed by atoms with E-state index in [1.807, 2.05) is 6.92 Å². The molecule has 0 heterocycles. The van der Waals surface area contributed by atoms with Crippen molar-refractivity contribution < 1.29 is 4.79 Å². The van der Waals surface area contributed by atoms with Gasteiger partial charge in [0.2, 0.25) is 5.91 Å². The Morgan fingerprint density at radius 2 is 2.18 bits per heavy atom. The molecule has 1 saturated carbocycles. The summed E-state index contributed by atoms with van der Waals surface area (Å²) < 4.78 is 0. The summed E-state index contributed by atoms with van der Waals surface area (Å²) >= 11 is 0. The van der Waals surface area contributed by atoms with Crippen LogP contribution in [-0.4, -0.2) is 18.0 Å². The van der Waals surface area contributed by atoms with Crippen LogP contribution in [0.4, 0.5) is 0 Å². The molecule has 0 aliphatic heterocycles. The molecular formula is C14H28N2O. The predicted octanol–water partition coefficient (Wildman–Crippen LogP) is 2.59. The largest absolute Gasteiger partial charge is 0.353 e. The lowest BCUT2D eigenvalue weighted by molar-refractivity contribution is -0.123. The Labute approximate surface area is 106 Å². The van der Waals surface area contributed by atoms with Crippen LogP contribution in [0.15, 0.2) is 0 Å². The number of rotatable bonds is 5. The molecule has 0 spiro atoms. The first-order valence-corrected chi connectivity index (χ1v) is 6.97. The summed E-state index contributed by atoms with van der Waals surface area (Å²) in [6, 6.07) is 0.563. The summed E-state index contributed by atoms with van der Waals surface area (Å²) in [5.74, 6) is 0.200. The Bertz CT molecular complexity index is 249. The van der Waals surface area contributed by atoms with E-state index in [1.165, 1.54) is 19.3 Å². The molecule has 1 fully saturated rings. The molecule has 1 amide bonds. The third kappa shape index (κ3) is 5.07. The molecule has 2 atom stereocenters. The van der Waals surface area contributed by atoms with Gasteiger partial charge in [0.1, 0.15) is 0 Å². The number of hydrogen-bond donors (Lipinski definition) is 2. The molecule has 3 heteroatoms. The molecule has 100 valence electrons. The lowest BCUT2D eigenvalue weighted by Crippen LogP contribution is -2.46. The molecule has 0 saturated heterocycles. The maximum atomic E-state index is 11.8. The fourth-order valence-electron chi connectivity index (χ4n) is 2.61. The summed E-state index contributed by atoms with van der Waals surface area (Å²) in [6.07, 6.45) is 7.34. The summed E-state index contributed by atoms with van der Waals surface area (Å²) in [5, 5.41) is 3.20. The van der Waals surface area contributed by atoms with Gasteiger partial charge in [-0.05, 0) is 38.0 Å². The van der Waals surface area contributed by atoms with Crippen LogP contribution in [0.2, 0.25) is 0 Å². The second-order valence-electron chi connectivity index (χ2n) is 6.22. The number of nitrogens with one attached hydrogen (secondary N) is 1. The van der Waals surface area contributed by atoms with Crippen LogP contribution in [0.1, 0.15) is 65.7 Å².